The van der Waals surface area contributed by atoms with Gasteiger partial charge in [-0.25, -0.2) is 8.42 Å². The van der Waals surface area contributed by atoms with Crippen molar-refractivity contribution in [3.63, 3.8) is 0 Å². The smallest absolute Gasteiger partial charge is 0.322 e. The number of unbranched alkanes of at least 4 members (excludes halogenated alkanes) is 1. The van der Waals surface area contributed by atoms with Crippen molar-refractivity contribution in [3.8, 4) is 11.5 Å². The van der Waals surface area contributed by atoms with Crippen molar-refractivity contribution in [2.45, 2.75) is 30.2 Å². The summed E-state index contributed by atoms with van der Waals surface area (Å²) in [5, 5.41) is 5.82. The average molecular weight is 638 g/mol. The van der Waals surface area contributed by atoms with E-state index in [4.69, 9.17) is 33.7 Å². The van der Waals surface area contributed by atoms with Crippen LogP contribution in [0.25, 0.3) is 0 Å². The highest BCUT2D eigenvalue weighted by Crippen LogP contribution is 2.35. The molecule has 0 aromatic heterocycles. The van der Waals surface area contributed by atoms with Crippen LogP contribution < -0.4 is 25.8 Å². The number of carbonyl (C=O) groups is 3. The summed E-state index contributed by atoms with van der Waals surface area (Å²) in [5.74, 6) is -0.935. The molecular weight excluding hydrogens is 607 g/mol. The highest BCUT2D eigenvalue weighted by molar-refractivity contribution is 7.92. The molecule has 14 heteroatoms. The molecular formula is C28H30Cl2N4O7S. The maximum absolute atomic E-state index is 13.1. The van der Waals surface area contributed by atoms with Crippen molar-refractivity contribution in [2.75, 3.05) is 24.9 Å². The fourth-order valence-electron chi connectivity index (χ4n) is 3.62. The van der Waals surface area contributed by atoms with E-state index in [2.05, 4.69) is 20.1 Å². The third-order valence-electron chi connectivity index (χ3n) is 5.85. The summed E-state index contributed by atoms with van der Waals surface area (Å²) in [7, 11) is -2.79. The molecule has 5 N–H and O–H groups in total. The van der Waals surface area contributed by atoms with Gasteiger partial charge >= 0.3 is 5.97 Å². The zero-order chi connectivity index (χ0) is 30.7. The number of benzene rings is 3. The largest absolute Gasteiger partial charge is 0.468 e. The van der Waals surface area contributed by atoms with Gasteiger partial charge in [-0.1, -0.05) is 35.3 Å². The van der Waals surface area contributed by atoms with Gasteiger partial charge in [-0.2, -0.15) is 0 Å². The normalized spacial score (nSPS) is 11.7. The Bertz CT molecular complexity index is 1520. The van der Waals surface area contributed by atoms with E-state index in [9.17, 15) is 22.8 Å². The summed E-state index contributed by atoms with van der Waals surface area (Å²) in [6.07, 6.45) is 1.64. The molecule has 0 unspecified atom stereocenters. The number of halogens is 2. The predicted octanol–water partition coefficient (Wildman–Crippen LogP) is 4.10. The fourth-order valence-corrected chi connectivity index (χ4v) is 5.13. The van der Waals surface area contributed by atoms with Gasteiger partial charge in [0, 0.05) is 17.1 Å². The molecule has 0 spiro atoms. The molecule has 0 aliphatic heterocycles. The molecule has 3 rings (SSSR count). The summed E-state index contributed by atoms with van der Waals surface area (Å²) in [6.45, 7) is 0.0829. The summed E-state index contributed by atoms with van der Waals surface area (Å²) in [4.78, 5) is 35.7. The standard InChI is InChI=1S/C28H30Cl2N4O7S/c1-40-28(37)22(31)6-4-5-15-32-26(35)17-33-27(36)18-9-12-20(13-10-18)42(38,39)34-23-7-2-3-8-25(23)41-24-14-11-19(29)16-21(24)30/h2-3,7-14,16,22,34H,4-6,15,17,31H2,1H3,(H,32,35)(H,33,36)/t22-/m0/s1. The third-order valence-corrected chi connectivity index (χ3v) is 7.76. The van der Waals surface area contributed by atoms with Crippen LogP contribution >= 0.6 is 23.2 Å². The quantitative estimate of drug-likeness (QED) is 0.152. The number of rotatable bonds is 14. The van der Waals surface area contributed by atoms with Gasteiger partial charge in [0.05, 0.1) is 29.3 Å². The lowest BCUT2D eigenvalue weighted by atomic mass is 10.1. The summed E-state index contributed by atoms with van der Waals surface area (Å²) >= 11 is 12.1. The lowest BCUT2D eigenvalue weighted by Gasteiger charge is -2.14. The number of carbonyl (C=O) groups excluding carboxylic acids is 3. The second kappa shape index (κ2) is 15.4. The molecule has 0 aliphatic carbocycles. The Morgan fingerprint density at radius 1 is 0.929 bits per heavy atom. The average Bonchev–Trinajstić information content (AvgIpc) is 2.97. The molecule has 0 saturated carbocycles. The Balaban J connectivity index is 1.52. The number of sulfonamides is 1. The first-order valence-electron chi connectivity index (χ1n) is 12.7. The van der Waals surface area contributed by atoms with Crippen molar-refractivity contribution in [1.82, 2.24) is 10.6 Å². The highest BCUT2D eigenvalue weighted by atomic mass is 35.5. The zero-order valence-electron chi connectivity index (χ0n) is 22.6. The predicted molar refractivity (Wildman–Crippen MR) is 159 cm³/mol. The molecule has 3 aromatic carbocycles. The molecule has 0 aliphatic rings. The summed E-state index contributed by atoms with van der Waals surface area (Å²) < 4.78 is 39.0. The topological polar surface area (TPSA) is 166 Å². The Labute approximate surface area is 253 Å². The monoisotopic (exact) mass is 636 g/mol. The Morgan fingerprint density at radius 3 is 2.33 bits per heavy atom. The number of esters is 1. The first-order valence-corrected chi connectivity index (χ1v) is 15.0. The van der Waals surface area contributed by atoms with Crippen LogP contribution in [0.2, 0.25) is 10.0 Å². The highest BCUT2D eigenvalue weighted by Gasteiger charge is 2.19. The van der Waals surface area contributed by atoms with Gasteiger partial charge in [-0.3, -0.25) is 19.1 Å². The maximum Gasteiger partial charge on any atom is 0.322 e. The molecule has 2 amide bonds. The number of hydrogen-bond acceptors (Lipinski definition) is 8. The summed E-state index contributed by atoms with van der Waals surface area (Å²) in [5.41, 5.74) is 5.99. The van der Waals surface area contributed by atoms with E-state index in [0.717, 1.165) is 0 Å². The fraction of sp³-hybridized carbons (Fsp3) is 0.250. The molecule has 42 heavy (non-hydrogen) atoms. The van der Waals surface area contributed by atoms with Gasteiger partial charge in [0.2, 0.25) is 5.91 Å². The SMILES string of the molecule is COC(=O)[C@@H](N)CCCCNC(=O)CNC(=O)c1ccc(S(=O)(=O)Nc2ccccc2Oc2ccc(Cl)cc2Cl)cc1. The molecule has 0 bridgehead atoms. The first-order chi connectivity index (χ1) is 20.0. The molecule has 11 nitrogen and oxygen atoms in total. The lowest BCUT2D eigenvalue weighted by Crippen LogP contribution is -2.37. The van der Waals surface area contributed by atoms with Crippen LogP contribution in [-0.4, -0.2) is 52.4 Å². The molecule has 0 saturated heterocycles. The third kappa shape index (κ3) is 9.62. The Kier molecular flexibility index (Phi) is 12.0. The van der Waals surface area contributed by atoms with E-state index >= 15 is 0 Å². The van der Waals surface area contributed by atoms with Gasteiger partial charge in [0.15, 0.2) is 5.75 Å². The van der Waals surface area contributed by atoms with E-state index in [1.54, 1.807) is 30.3 Å². The van der Waals surface area contributed by atoms with Gasteiger partial charge in [0.1, 0.15) is 11.8 Å². The molecule has 1 atom stereocenters. The minimum atomic E-state index is -4.05. The van der Waals surface area contributed by atoms with Crippen molar-refractivity contribution in [1.29, 1.82) is 0 Å². The Hall–Kier alpha value is -3.84. The number of anilines is 1. The van der Waals surface area contributed by atoms with E-state index in [-0.39, 0.29) is 39.2 Å². The molecule has 3 aromatic rings. The van der Waals surface area contributed by atoms with Crippen LogP contribution in [0, 0.1) is 0 Å². The molecule has 0 heterocycles. The van der Waals surface area contributed by atoms with Crippen molar-refractivity contribution >= 4 is 56.7 Å². The van der Waals surface area contributed by atoms with E-state index in [1.165, 1.54) is 43.5 Å². The maximum atomic E-state index is 13.1. The van der Waals surface area contributed by atoms with Gasteiger partial charge in [-0.15, -0.1) is 0 Å². The summed E-state index contributed by atoms with van der Waals surface area (Å²) in [6, 6.07) is 15.6. The van der Waals surface area contributed by atoms with Crippen LogP contribution in [0.5, 0.6) is 11.5 Å². The number of para-hydroxylation sites is 2. The molecule has 224 valence electrons. The number of ether oxygens (including phenoxy) is 2. The number of methoxy groups -OCH3 is 1. The Morgan fingerprint density at radius 2 is 1.64 bits per heavy atom. The van der Waals surface area contributed by atoms with Crippen LogP contribution in [-0.2, 0) is 24.3 Å². The second-order valence-corrected chi connectivity index (χ2v) is 11.5. The van der Waals surface area contributed by atoms with Crippen LogP contribution in [0.1, 0.15) is 29.6 Å². The van der Waals surface area contributed by atoms with Crippen molar-refractivity contribution < 1.29 is 32.3 Å². The van der Waals surface area contributed by atoms with Crippen molar-refractivity contribution in [2.24, 2.45) is 5.73 Å². The van der Waals surface area contributed by atoms with E-state index < -0.39 is 33.8 Å². The van der Waals surface area contributed by atoms with Crippen molar-refractivity contribution in [3.05, 3.63) is 82.3 Å². The lowest BCUT2D eigenvalue weighted by molar-refractivity contribution is -0.142. The number of hydrogen-bond donors (Lipinski definition) is 4. The second-order valence-electron chi connectivity index (χ2n) is 8.96. The van der Waals surface area contributed by atoms with Crippen LogP contribution in [0.15, 0.2) is 71.6 Å². The zero-order valence-corrected chi connectivity index (χ0v) is 24.9. The number of amides is 2. The number of nitrogens with two attached hydrogens (primary N) is 1. The number of nitrogens with one attached hydrogen (secondary N) is 3. The van der Waals surface area contributed by atoms with Gasteiger partial charge < -0.3 is 25.8 Å². The van der Waals surface area contributed by atoms with Gasteiger partial charge in [0.25, 0.3) is 15.9 Å². The first kappa shape index (κ1) is 32.7. The van der Waals surface area contributed by atoms with Crippen LogP contribution in [0.4, 0.5) is 5.69 Å². The van der Waals surface area contributed by atoms with E-state index in [1.807, 2.05) is 0 Å². The molecule has 0 radical (unpaired) electrons. The molecule has 0 fully saturated rings. The van der Waals surface area contributed by atoms with E-state index in [0.29, 0.717) is 30.8 Å². The minimum Gasteiger partial charge on any atom is -0.468 e. The van der Waals surface area contributed by atoms with Gasteiger partial charge in [-0.05, 0) is 73.9 Å². The van der Waals surface area contributed by atoms with Crippen LogP contribution in [0.3, 0.4) is 0 Å². The minimum absolute atomic E-state index is 0.0944.